The third-order valence-electron chi connectivity index (χ3n) is 2.76. The quantitative estimate of drug-likeness (QED) is 0.736. The smallest absolute Gasteiger partial charge is 0.167 e. The number of ether oxygens (including phenoxy) is 1. The van der Waals surface area contributed by atoms with Crippen molar-refractivity contribution in [3.05, 3.63) is 17.5 Å². The second-order valence-electron chi connectivity index (χ2n) is 3.88. The minimum atomic E-state index is -0.292. The normalized spacial score (nSPS) is 12.8. The van der Waals surface area contributed by atoms with Crippen molar-refractivity contribution < 1.29 is 9.53 Å². The first-order valence-electron chi connectivity index (χ1n) is 5.69. The molecule has 0 aliphatic heterocycles. The highest BCUT2D eigenvalue weighted by Crippen LogP contribution is 2.08. The van der Waals surface area contributed by atoms with Crippen LogP contribution in [0, 0.1) is 0 Å². The Morgan fingerprint density at radius 2 is 2.25 bits per heavy atom. The van der Waals surface area contributed by atoms with Gasteiger partial charge in [0, 0.05) is 19.9 Å². The average Bonchev–Trinajstić information content (AvgIpc) is 2.61. The van der Waals surface area contributed by atoms with Crippen molar-refractivity contribution in [2.45, 2.75) is 39.2 Å². The Hall–Kier alpha value is -1.16. The molecule has 0 amide bonds. The van der Waals surface area contributed by atoms with E-state index < -0.39 is 0 Å². The fourth-order valence-electron chi connectivity index (χ4n) is 1.73. The van der Waals surface area contributed by atoms with Gasteiger partial charge in [0.15, 0.2) is 5.78 Å². The molecular formula is C12H20N2O2. The highest BCUT2D eigenvalue weighted by molar-refractivity contribution is 5.84. The molecule has 0 aliphatic carbocycles. The molecule has 4 nitrogen and oxygen atoms in total. The third kappa shape index (κ3) is 2.92. The van der Waals surface area contributed by atoms with Gasteiger partial charge in [-0.3, -0.25) is 9.48 Å². The molecule has 1 aromatic rings. The summed E-state index contributed by atoms with van der Waals surface area (Å²) in [6.45, 7) is 4.00. The first-order chi connectivity index (χ1) is 7.62. The lowest BCUT2D eigenvalue weighted by Gasteiger charge is -2.11. The number of ketones is 1. The van der Waals surface area contributed by atoms with Crippen LogP contribution in [0.4, 0.5) is 0 Å². The summed E-state index contributed by atoms with van der Waals surface area (Å²) in [5, 5.41) is 4.32. The molecule has 1 atom stereocenters. The molecule has 0 aromatic carbocycles. The average molecular weight is 224 g/mol. The molecule has 0 radical (unpaired) electrons. The number of Topliss-reactive ketones (excluding diaryl/α,β-unsaturated/α-hetero) is 1. The first-order valence-corrected chi connectivity index (χ1v) is 5.69. The highest BCUT2D eigenvalue weighted by atomic mass is 16.5. The van der Waals surface area contributed by atoms with E-state index in [1.54, 1.807) is 11.8 Å². The Balaban J connectivity index is 2.72. The van der Waals surface area contributed by atoms with Crippen LogP contribution in [-0.2, 0) is 29.4 Å². The number of nitrogens with zero attached hydrogens (tertiary/aromatic N) is 2. The molecule has 90 valence electrons. The summed E-state index contributed by atoms with van der Waals surface area (Å²) < 4.78 is 6.90. The fourth-order valence-corrected chi connectivity index (χ4v) is 1.73. The van der Waals surface area contributed by atoms with Gasteiger partial charge in [0.2, 0.25) is 0 Å². The molecule has 1 aromatic heterocycles. The zero-order valence-electron chi connectivity index (χ0n) is 10.5. The Kier molecular flexibility index (Phi) is 4.68. The topological polar surface area (TPSA) is 44.1 Å². The number of carbonyl (C=O) groups excluding carboxylic acids is 1. The fraction of sp³-hybridized carbons (Fsp3) is 0.667. The molecule has 1 unspecified atom stereocenters. The third-order valence-corrected chi connectivity index (χ3v) is 2.76. The van der Waals surface area contributed by atoms with Gasteiger partial charge in [0.05, 0.1) is 12.1 Å². The van der Waals surface area contributed by atoms with Crippen molar-refractivity contribution >= 4 is 5.78 Å². The Labute approximate surface area is 96.6 Å². The SMILES string of the molecule is CCc1cc(CC(=O)C(CC)OC)n(C)n1. The van der Waals surface area contributed by atoms with Gasteiger partial charge in [-0.1, -0.05) is 13.8 Å². The number of hydrogen-bond acceptors (Lipinski definition) is 3. The van der Waals surface area contributed by atoms with Gasteiger partial charge in [-0.2, -0.15) is 5.10 Å². The number of aromatic nitrogens is 2. The summed E-state index contributed by atoms with van der Waals surface area (Å²) in [7, 11) is 3.45. The van der Waals surface area contributed by atoms with E-state index in [0.29, 0.717) is 12.8 Å². The molecule has 0 aliphatic rings. The molecule has 0 saturated heterocycles. The van der Waals surface area contributed by atoms with Crippen molar-refractivity contribution in [3.63, 3.8) is 0 Å². The number of methoxy groups -OCH3 is 1. The Morgan fingerprint density at radius 1 is 1.56 bits per heavy atom. The van der Waals surface area contributed by atoms with Gasteiger partial charge in [-0.05, 0) is 18.9 Å². The second-order valence-corrected chi connectivity index (χ2v) is 3.88. The zero-order chi connectivity index (χ0) is 12.1. The van der Waals surface area contributed by atoms with Crippen LogP contribution in [0.15, 0.2) is 6.07 Å². The van der Waals surface area contributed by atoms with E-state index in [1.165, 1.54) is 0 Å². The molecule has 0 bridgehead atoms. The molecule has 1 rings (SSSR count). The Morgan fingerprint density at radius 3 is 2.69 bits per heavy atom. The van der Waals surface area contributed by atoms with Crippen molar-refractivity contribution in [2.24, 2.45) is 7.05 Å². The maximum atomic E-state index is 11.9. The van der Waals surface area contributed by atoms with Crippen LogP contribution in [0.1, 0.15) is 31.7 Å². The van der Waals surface area contributed by atoms with Gasteiger partial charge in [-0.25, -0.2) is 0 Å². The van der Waals surface area contributed by atoms with Gasteiger partial charge in [0.1, 0.15) is 6.10 Å². The summed E-state index contributed by atoms with van der Waals surface area (Å²) in [6.07, 6.45) is 1.72. The monoisotopic (exact) mass is 224 g/mol. The van der Waals surface area contributed by atoms with Crippen LogP contribution < -0.4 is 0 Å². The maximum absolute atomic E-state index is 11.9. The molecule has 16 heavy (non-hydrogen) atoms. The number of hydrogen-bond donors (Lipinski definition) is 0. The first kappa shape index (κ1) is 12.9. The van der Waals surface area contributed by atoms with Crippen molar-refractivity contribution in [1.82, 2.24) is 9.78 Å². The van der Waals surface area contributed by atoms with Crippen LogP contribution >= 0.6 is 0 Å². The molecule has 4 heteroatoms. The van der Waals surface area contributed by atoms with Crippen molar-refractivity contribution in [2.75, 3.05) is 7.11 Å². The van der Waals surface area contributed by atoms with Crippen LogP contribution in [0.5, 0.6) is 0 Å². The van der Waals surface area contributed by atoms with Gasteiger partial charge >= 0.3 is 0 Å². The molecular weight excluding hydrogens is 204 g/mol. The van der Waals surface area contributed by atoms with Crippen LogP contribution in [0.25, 0.3) is 0 Å². The lowest BCUT2D eigenvalue weighted by atomic mass is 10.1. The van der Waals surface area contributed by atoms with Crippen LogP contribution in [0.2, 0.25) is 0 Å². The summed E-state index contributed by atoms with van der Waals surface area (Å²) in [5.74, 6) is 0.121. The van der Waals surface area contributed by atoms with Gasteiger partial charge in [-0.15, -0.1) is 0 Å². The van der Waals surface area contributed by atoms with E-state index in [4.69, 9.17) is 4.74 Å². The van der Waals surface area contributed by atoms with E-state index in [-0.39, 0.29) is 11.9 Å². The van der Waals surface area contributed by atoms with Crippen LogP contribution in [0.3, 0.4) is 0 Å². The standard InChI is InChI=1S/C12H20N2O2/c1-5-9-7-10(14(3)13-9)8-11(15)12(6-2)16-4/h7,12H,5-6,8H2,1-4H3. The minimum absolute atomic E-state index is 0.121. The van der Waals surface area contributed by atoms with E-state index >= 15 is 0 Å². The molecule has 0 fully saturated rings. The molecule has 0 saturated carbocycles. The molecule has 1 heterocycles. The van der Waals surface area contributed by atoms with E-state index in [0.717, 1.165) is 17.8 Å². The molecule has 0 spiro atoms. The van der Waals surface area contributed by atoms with Gasteiger partial charge in [0.25, 0.3) is 0 Å². The van der Waals surface area contributed by atoms with E-state index in [1.807, 2.05) is 20.0 Å². The minimum Gasteiger partial charge on any atom is -0.374 e. The lowest BCUT2D eigenvalue weighted by Crippen LogP contribution is -2.24. The maximum Gasteiger partial charge on any atom is 0.167 e. The summed E-state index contributed by atoms with van der Waals surface area (Å²) in [4.78, 5) is 11.9. The summed E-state index contributed by atoms with van der Waals surface area (Å²) in [5.41, 5.74) is 1.98. The van der Waals surface area contributed by atoms with Crippen molar-refractivity contribution in [3.8, 4) is 0 Å². The summed E-state index contributed by atoms with van der Waals surface area (Å²) >= 11 is 0. The number of carbonyl (C=O) groups is 1. The van der Waals surface area contributed by atoms with Crippen LogP contribution in [-0.4, -0.2) is 28.8 Å². The Bertz CT molecular complexity index is 354. The predicted molar refractivity (Wildman–Crippen MR) is 62.4 cm³/mol. The zero-order valence-corrected chi connectivity index (χ0v) is 10.5. The van der Waals surface area contributed by atoms with E-state index in [2.05, 4.69) is 12.0 Å². The lowest BCUT2D eigenvalue weighted by molar-refractivity contribution is -0.128. The number of aryl methyl sites for hydroxylation is 2. The second kappa shape index (κ2) is 5.80. The number of rotatable bonds is 6. The molecule has 0 N–H and O–H groups in total. The predicted octanol–water partition coefficient (Wildman–Crippen LogP) is 1.52. The van der Waals surface area contributed by atoms with Gasteiger partial charge < -0.3 is 4.74 Å². The largest absolute Gasteiger partial charge is 0.374 e. The summed E-state index contributed by atoms with van der Waals surface area (Å²) in [6, 6.07) is 1.99. The van der Waals surface area contributed by atoms with Crippen molar-refractivity contribution in [1.29, 1.82) is 0 Å². The van der Waals surface area contributed by atoms with E-state index in [9.17, 15) is 4.79 Å². The highest BCUT2D eigenvalue weighted by Gasteiger charge is 2.17.